The second kappa shape index (κ2) is 6.25. The number of hydrogen-bond donors (Lipinski definition) is 1. The van der Waals surface area contributed by atoms with E-state index in [1.54, 1.807) is 0 Å². The highest BCUT2D eigenvalue weighted by Crippen LogP contribution is 2.36. The van der Waals surface area contributed by atoms with Crippen LogP contribution in [0.4, 0.5) is 18.9 Å². The molecule has 3 rings (SSSR count). The molecule has 1 amide bonds. The quantitative estimate of drug-likeness (QED) is 0.757. The van der Waals surface area contributed by atoms with Crippen molar-refractivity contribution >= 4 is 39.3 Å². The van der Waals surface area contributed by atoms with Gasteiger partial charge in [-0.1, -0.05) is 27.7 Å². The maximum Gasteiger partial charge on any atom is 0.417 e. The summed E-state index contributed by atoms with van der Waals surface area (Å²) in [6.07, 6.45) is -3.42. The standard InChI is InChI=1S/C14H9BrF3N3O2S/c15-10-2-1-7(5-9(10)14(16,17)18)20-11(22)8-6-19-13-21(12(8)23)3-4-24-13/h1-2,5-6H,3-4H2,(H,20,22). The Morgan fingerprint density at radius 1 is 1.38 bits per heavy atom. The van der Waals surface area contributed by atoms with Crippen molar-refractivity contribution in [1.29, 1.82) is 0 Å². The Hall–Kier alpha value is -1.81. The van der Waals surface area contributed by atoms with Gasteiger partial charge in [-0.05, 0) is 18.2 Å². The first-order valence-corrected chi connectivity index (χ1v) is 8.46. The van der Waals surface area contributed by atoms with Crippen LogP contribution in [0.2, 0.25) is 0 Å². The van der Waals surface area contributed by atoms with E-state index in [9.17, 15) is 22.8 Å². The summed E-state index contributed by atoms with van der Waals surface area (Å²) in [7, 11) is 0. The molecule has 0 unspecified atom stereocenters. The fourth-order valence-electron chi connectivity index (χ4n) is 2.19. The van der Waals surface area contributed by atoms with Crippen molar-refractivity contribution in [3.05, 3.63) is 50.3 Å². The van der Waals surface area contributed by atoms with E-state index in [-0.39, 0.29) is 15.7 Å². The van der Waals surface area contributed by atoms with Gasteiger partial charge in [-0.25, -0.2) is 4.98 Å². The number of hydrogen-bond acceptors (Lipinski definition) is 4. The SMILES string of the molecule is O=C(Nc1ccc(Br)c(C(F)(F)F)c1)c1cnc2n(c1=O)CCS2. The summed E-state index contributed by atoms with van der Waals surface area (Å²) in [5.74, 6) is -0.107. The van der Waals surface area contributed by atoms with E-state index in [0.717, 1.165) is 12.3 Å². The maximum absolute atomic E-state index is 12.9. The predicted molar refractivity (Wildman–Crippen MR) is 86.3 cm³/mol. The summed E-state index contributed by atoms with van der Waals surface area (Å²) in [6, 6.07) is 3.30. The number of fused-ring (bicyclic) bond motifs is 1. The van der Waals surface area contributed by atoms with Gasteiger partial charge in [-0.2, -0.15) is 13.2 Å². The molecule has 0 saturated carbocycles. The number of aromatic nitrogens is 2. The van der Waals surface area contributed by atoms with Gasteiger partial charge < -0.3 is 5.32 Å². The number of thioether (sulfide) groups is 1. The van der Waals surface area contributed by atoms with Gasteiger partial charge >= 0.3 is 6.18 Å². The Labute approximate surface area is 146 Å². The molecule has 1 aliphatic rings. The fourth-order valence-corrected chi connectivity index (χ4v) is 3.58. The molecule has 0 aliphatic carbocycles. The van der Waals surface area contributed by atoms with E-state index < -0.39 is 23.2 Å². The molecule has 10 heteroatoms. The van der Waals surface area contributed by atoms with Gasteiger partial charge in [0.2, 0.25) is 0 Å². The summed E-state index contributed by atoms with van der Waals surface area (Å²) in [5, 5.41) is 2.84. The minimum absolute atomic E-state index is 0.0604. The highest BCUT2D eigenvalue weighted by atomic mass is 79.9. The van der Waals surface area contributed by atoms with Gasteiger partial charge in [0.25, 0.3) is 11.5 Å². The number of anilines is 1. The van der Waals surface area contributed by atoms with Gasteiger partial charge in [0, 0.05) is 28.7 Å². The van der Waals surface area contributed by atoms with Crippen LogP contribution in [0.1, 0.15) is 15.9 Å². The average molecular weight is 420 g/mol. The van der Waals surface area contributed by atoms with Crippen LogP contribution in [0.5, 0.6) is 0 Å². The minimum atomic E-state index is -4.56. The number of carbonyl (C=O) groups is 1. The molecule has 0 bridgehead atoms. The molecule has 5 nitrogen and oxygen atoms in total. The van der Waals surface area contributed by atoms with E-state index >= 15 is 0 Å². The highest BCUT2D eigenvalue weighted by Gasteiger charge is 2.33. The van der Waals surface area contributed by atoms with Gasteiger partial charge in [-0.15, -0.1) is 0 Å². The van der Waals surface area contributed by atoms with Crippen LogP contribution in [-0.2, 0) is 12.7 Å². The van der Waals surface area contributed by atoms with E-state index in [4.69, 9.17) is 0 Å². The topological polar surface area (TPSA) is 64.0 Å². The number of carbonyl (C=O) groups excluding carboxylic acids is 1. The largest absolute Gasteiger partial charge is 0.417 e. The van der Waals surface area contributed by atoms with E-state index in [1.165, 1.54) is 28.5 Å². The first kappa shape index (κ1) is 17.0. The van der Waals surface area contributed by atoms with E-state index in [0.29, 0.717) is 17.5 Å². The maximum atomic E-state index is 12.9. The van der Waals surface area contributed by atoms with Crippen LogP contribution in [0.25, 0.3) is 0 Å². The van der Waals surface area contributed by atoms with Crippen molar-refractivity contribution in [1.82, 2.24) is 9.55 Å². The summed E-state index contributed by atoms with van der Waals surface area (Å²) >= 11 is 4.23. The monoisotopic (exact) mass is 419 g/mol. The third-order valence-corrected chi connectivity index (χ3v) is 4.99. The first-order valence-electron chi connectivity index (χ1n) is 6.68. The summed E-state index contributed by atoms with van der Waals surface area (Å²) < 4.78 is 39.9. The fraction of sp³-hybridized carbons (Fsp3) is 0.214. The Morgan fingerprint density at radius 3 is 2.83 bits per heavy atom. The van der Waals surface area contributed by atoms with Crippen LogP contribution >= 0.6 is 27.7 Å². The lowest BCUT2D eigenvalue weighted by Crippen LogP contribution is -2.29. The Bertz CT molecular complexity index is 883. The molecule has 126 valence electrons. The first-order chi connectivity index (χ1) is 11.3. The number of rotatable bonds is 2. The summed E-state index contributed by atoms with van der Waals surface area (Å²) in [5.41, 5.74) is -1.69. The second-order valence-electron chi connectivity index (χ2n) is 4.91. The molecule has 24 heavy (non-hydrogen) atoms. The number of amides is 1. The molecule has 1 N–H and O–H groups in total. The molecule has 0 saturated heterocycles. The molecule has 2 heterocycles. The number of nitrogens with zero attached hydrogens (tertiary/aromatic N) is 2. The number of halogens is 4. The van der Waals surface area contributed by atoms with Crippen LogP contribution in [0.3, 0.4) is 0 Å². The molecular weight excluding hydrogens is 411 g/mol. The van der Waals surface area contributed by atoms with Crippen molar-refractivity contribution in [2.45, 2.75) is 17.9 Å². The molecule has 0 spiro atoms. The summed E-state index contributed by atoms with van der Waals surface area (Å²) in [6.45, 7) is 0.448. The molecule has 0 radical (unpaired) electrons. The Morgan fingerprint density at radius 2 is 2.12 bits per heavy atom. The second-order valence-corrected chi connectivity index (χ2v) is 6.82. The van der Waals surface area contributed by atoms with Crippen LogP contribution in [0.15, 0.2) is 38.8 Å². The molecule has 1 aromatic carbocycles. The number of benzene rings is 1. The van der Waals surface area contributed by atoms with Crippen LogP contribution < -0.4 is 10.9 Å². The van der Waals surface area contributed by atoms with Gasteiger partial charge in [0.15, 0.2) is 5.16 Å². The molecule has 1 aliphatic heterocycles. The number of alkyl halides is 3. The van der Waals surface area contributed by atoms with Crippen molar-refractivity contribution in [3.63, 3.8) is 0 Å². The van der Waals surface area contributed by atoms with Gasteiger partial charge in [-0.3, -0.25) is 14.2 Å². The Balaban J connectivity index is 1.90. The minimum Gasteiger partial charge on any atom is -0.322 e. The average Bonchev–Trinajstić information content (AvgIpc) is 2.97. The zero-order valence-corrected chi connectivity index (χ0v) is 14.3. The van der Waals surface area contributed by atoms with Crippen molar-refractivity contribution < 1.29 is 18.0 Å². The molecular formula is C14H9BrF3N3O2S. The Kier molecular flexibility index (Phi) is 4.43. The van der Waals surface area contributed by atoms with Gasteiger partial charge in [0.05, 0.1) is 5.56 Å². The van der Waals surface area contributed by atoms with Gasteiger partial charge in [0.1, 0.15) is 5.56 Å². The van der Waals surface area contributed by atoms with Crippen molar-refractivity contribution in [3.8, 4) is 0 Å². The lowest BCUT2D eigenvalue weighted by molar-refractivity contribution is -0.138. The lowest BCUT2D eigenvalue weighted by atomic mass is 10.2. The van der Waals surface area contributed by atoms with Crippen molar-refractivity contribution in [2.75, 3.05) is 11.1 Å². The zero-order valence-electron chi connectivity index (χ0n) is 11.9. The molecule has 2 aromatic rings. The smallest absolute Gasteiger partial charge is 0.322 e. The molecule has 0 atom stereocenters. The molecule has 0 fully saturated rings. The van der Waals surface area contributed by atoms with Crippen LogP contribution in [0, 0.1) is 0 Å². The zero-order chi connectivity index (χ0) is 17.5. The highest BCUT2D eigenvalue weighted by molar-refractivity contribution is 9.10. The molecule has 1 aromatic heterocycles. The number of nitrogens with one attached hydrogen (secondary N) is 1. The van der Waals surface area contributed by atoms with Crippen LogP contribution in [-0.4, -0.2) is 21.2 Å². The van der Waals surface area contributed by atoms with Crippen molar-refractivity contribution in [2.24, 2.45) is 0 Å². The summed E-state index contributed by atoms with van der Waals surface area (Å²) in [4.78, 5) is 28.5. The van der Waals surface area contributed by atoms with E-state index in [1.807, 2.05) is 0 Å². The lowest BCUT2D eigenvalue weighted by Gasteiger charge is -2.12. The normalized spacial score (nSPS) is 13.7. The van der Waals surface area contributed by atoms with E-state index in [2.05, 4.69) is 26.2 Å². The third-order valence-electron chi connectivity index (χ3n) is 3.33. The third kappa shape index (κ3) is 3.20. The predicted octanol–water partition coefficient (Wildman–Crippen LogP) is 3.38.